The maximum atomic E-state index is 13.6. The zero-order chi connectivity index (χ0) is 13.9. The Morgan fingerprint density at radius 1 is 1.33 bits per heavy atom. The maximum Gasteiger partial charge on any atom is 0.142 e. The van der Waals surface area contributed by atoms with Gasteiger partial charge in [-0.1, -0.05) is 25.4 Å². The molecule has 0 bridgehead atoms. The summed E-state index contributed by atoms with van der Waals surface area (Å²) in [5.74, 6) is -0.853. The van der Waals surface area contributed by atoms with E-state index in [0.717, 1.165) is 12.1 Å². The summed E-state index contributed by atoms with van der Waals surface area (Å²) in [7, 11) is 0. The average molecular weight is 277 g/mol. The Morgan fingerprint density at radius 2 is 1.94 bits per heavy atom. The molecule has 0 aliphatic heterocycles. The third-order valence-corrected chi connectivity index (χ3v) is 3.76. The van der Waals surface area contributed by atoms with E-state index in [4.69, 9.17) is 17.3 Å². The summed E-state index contributed by atoms with van der Waals surface area (Å²) >= 11 is 5.50. The number of hydrogen-bond acceptors (Lipinski definition) is 2. The first kappa shape index (κ1) is 15.3. The Bertz CT molecular complexity index is 424. The molecular weight excluding hydrogens is 258 g/mol. The summed E-state index contributed by atoms with van der Waals surface area (Å²) in [6, 6.07) is 2.10. The lowest BCUT2D eigenvalue weighted by molar-refractivity contribution is 0.265. The van der Waals surface area contributed by atoms with E-state index in [1.165, 1.54) is 0 Å². The monoisotopic (exact) mass is 276 g/mol. The van der Waals surface area contributed by atoms with Crippen LogP contribution in [0.15, 0.2) is 12.1 Å². The van der Waals surface area contributed by atoms with Gasteiger partial charge in [-0.2, -0.15) is 0 Å². The summed E-state index contributed by atoms with van der Waals surface area (Å²) in [6.07, 6.45) is 0. The van der Waals surface area contributed by atoms with Crippen molar-refractivity contribution in [2.75, 3.05) is 6.54 Å². The van der Waals surface area contributed by atoms with Crippen LogP contribution in [-0.4, -0.2) is 12.1 Å². The fourth-order valence-corrected chi connectivity index (χ4v) is 1.66. The van der Waals surface area contributed by atoms with Crippen LogP contribution >= 0.6 is 11.6 Å². The second kappa shape index (κ2) is 5.95. The number of hydrogen-bond donors (Lipinski definition) is 2. The van der Waals surface area contributed by atoms with Gasteiger partial charge in [0.1, 0.15) is 11.6 Å². The molecule has 5 heteroatoms. The zero-order valence-electron chi connectivity index (χ0n) is 10.9. The van der Waals surface area contributed by atoms with Crippen molar-refractivity contribution in [3.8, 4) is 0 Å². The summed E-state index contributed by atoms with van der Waals surface area (Å²) in [5.41, 5.74) is 5.64. The number of rotatable bonds is 5. The second-order valence-electron chi connectivity index (χ2n) is 4.99. The highest BCUT2D eigenvalue weighted by Crippen LogP contribution is 2.21. The van der Waals surface area contributed by atoms with Gasteiger partial charge < -0.3 is 11.1 Å². The number of benzene rings is 1. The van der Waals surface area contributed by atoms with Gasteiger partial charge in [0.2, 0.25) is 0 Å². The quantitative estimate of drug-likeness (QED) is 0.811. The molecule has 1 atom stereocenters. The molecule has 1 unspecified atom stereocenters. The van der Waals surface area contributed by atoms with E-state index < -0.39 is 11.6 Å². The Morgan fingerprint density at radius 3 is 2.44 bits per heavy atom. The number of nitrogens with two attached hydrogens (primary N) is 1. The van der Waals surface area contributed by atoms with Gasteiger partial charge in [0.15, 0.2) is 0 Å². The van der Waals surface area contributed by atoms with Crippen molar-refractivity contribution in [1.29, 1.82) is 0 Å². The number of halogens is 3. The smallest absolute Gasteiger partial charge is 0.142 e. The first-order chi connectivity index (χ1) is 8.30. The predicted octanol–water partition coefficient (Wildman–Crippen LogP) is 3.08. The van der Waals surface area contributed by atoms with E-state index in [2.05, 4.69) is 5.32 Å². The van der Waals surface area contributed by atoms with Crippen LogP contribution < -0.4 is 11.1 Å². The van der Waals surface area contributed by atoms with Crippen LogP contribution in [0.25, 0.3) is 0 Å². The maximum absolute atomic E-state index is 13.6. The molecule has 1 aromatic carbocycles. The van der Waals surface area contributed by atoms with Gasteiger partial charge in [-0.15, -0.1) is 0 Å². The molecule has 0 amide bonds. The van der Waals surface area contributed by atoms with Gasteiger partial charge in [0, 0.05) is 24.2 Å². The van der Waals surface area contributed by atoms with Crippen LogP contribution in [0, 0.1) is 17.6 Å². The highest BCUT2D eigenvalue weighted by atomic mass is 35.5. The van der Waals surface area contributed by atoms with Crippen molar-refractivity contribution in [2.45, 2.75) is 32.9 Å². The molecule has 0 aromatic heterocycles. The second-order valence-corrected chi connectivity index (χ2v) is 5.39. The lowest BCUT2D eigenvalue weighted by Crippen LogP contribution is -2.52. The summed E-state index contributed by atoms with van der Waals surface area (Å²) < 4.78 is 26.9. The van der Waals surface area contributed by atoms with Gasteiger partial charge in [0.05, 0.1) is 5.02 Å². The van der Waals surface area contributed by atoms with Crippen LogP contribution in [0.1, 0.15) is 26.3 Å². The number of nitrogens with one attached hydrogen (secondary N) is 1. The van der Waals surface area contributed by atoms with E-state index >= 15 is 0 Å². The largest absolute Gasteiger partial charge is 0.329 e. The van der Waals surface area contributed by atoms with Crippen LogP contribution in [-0.2, 0) is 6.54 Å². The third kappa shape index (κ3) is 3.40. The molecule has 0 saturated heterocycles. The van der Waals surface area contributed by atoms with E-state index in [-0.39, 0.29) is 28.6 Å². The van der Waals surface area contributed by atoms with Gasteiger partial charge in [0.25, 0.3) is 0 Å². The van der Waals surface area contributed by atoms with Crippen LogP contribution in [0.2, 0.25) is 5.02 Å². The molecule has 0 heterocycles. The lowest BCUT2D eigenvalue weighted by Gasteiger charge is -2.34. The lowest BCUT2D eigenvalue weighted by atomic mass is 9.88. The normalized spacial score (nSPS) is 14.9. The minimum absolute atomic E-state index is 0.207. The molecular formula is C13H19ClF2N2. The van der Waals surface area contributed by atoms with Crippen molar-refractivity contribution in [1.82, 2.24) is 5.32 Å². The van der Waals surface area contributed by atoms with Gasteiger partial charge in [-0.25, -0.2) is 8.78 Å². The third-order valence-electron chi connectivity index (χ3n) is 3.47. The van der Waals surface area contributed by atoms with Crippen molar-refractivity contribution in [2.24, 2.45) is 11.7 Å². The first-order valence-corrected chi connectivity index (χ1v) is 6.26. The first-order valence-electron chi connectivity index (χ1n) is 5.88. The standard InChI is InChI=1S/C13H19ClF2N2/c1-8(2)13(3,7-17)18-6-9-4-12(16)10(14)5-11(9)15/h4-5,8,18H,6-7,17H2,1-3H3. The molecule has 3 N–H and O–H groups in total. The van der Waals surface area contributed by atoms with Crippen LogP contribution in [0.5, 0.6) is 0 Å². The molecule has 0 aliphatic rings. The molecule has 0 aliphatic carbocycles. The van der Waals surface area contributed by atoms with Crippen LogP contribution in [0.4, 0.5) is 8.78 Å². The minimum atomic E-state index is -0.617. The van der Waals surface area contributed by atoms with E-state index in [1.54, 1.807) is 0 Å². The van der Waals surface area contributed by atoms with Crippen molar-refractivity contribution < 1.29 is 8.78 Å². The average Bonchev–Trinajstić information content (AvgIpc) is 2.31. The highest BCUT2D eigenvalue weighted by Gasteiger charge is 2.26. The van der Waals surface area contributed by atoms with Gasteiger partial charge in [-0.3, -0.25) is 0 Å². The van der Waals surface area contributed by atoms with E-state index in [0.29, 0.717) is 6.54 Å². The van der Waals surface area contributed by atoms with Crippen molar-refractivity contribution in [3.05, 3.63) is 34.4 Å². The molecule has 1 rings (SSSR count). The fourth-order valence-electron chi connectivity index (χ4n) is 1.51. The fraction of sp³-hybridized carbons (Fsp3) is 0.538. The summed E-state index contributed by atoms with van der Waals surface area (Å²) in [4.78, 5) is 0. The molecule has 0 fully saturated rings. The highest BCUT2D eigenvalue weighted by molar-refractivity contribution is 6.30. The Balaban J connectivity index is 2.83. The molecule has 2 nitrogen and oxygen atoms in total. The van der Waals surface area contributed by atoms with Gasteiger partial charge >= 0.3 is 0 Å². The molecule has 18 heavy (non-hydrogen) atoms. The topological polar surface area (TPSA) is 38.0 Å². The molecule has 1 aromatic rings. The van der Waals surface area contributed by atoms with Crippen molar-refractivity contribution in [3.63, 3.8) is 0 Å². The summed E-state index contributed by atoms with van der Waals surface area (Å²) in [6.45, 7) is 6.65. The van der Waals surface area contributed by atoms with Crippen molar-refractivity contribution >= 4 is 11.6 Å². The molecule has 0 saturated carbocycles. The van der Waals surface area contributed by atoms with E-state index in [9.17, 15) is 8.78 Å². The van der Waals surface area contributed by atoms with Crippen LogP contribution in [0.3, 0.4) is 0 Å². The minimum Gasteiger partial charge on any atom is -0.329 e. The Hall–Kier alpha value is -0.710. The molecule has 102 valence electrons. The summed E-state index contributed by atoms with van der Waals surface area (Å²) in [5, 5.41) is 2.97. The molecule has 0 spiro atoms. The predicted molar refractivity (Wildman–Crippen MR) is 70.5 cm³/mol. The molecule has 0 radical (unpaired) electrons. The SMILES string of the molecule is CC(C)C(C)(CN)NCc1cc(F)c(Cl)cc1F. The van der Waals surface area contributed by atoms with E-state index in [1.807, 2.05) is 20.8 Å². The Kier molecular flexibility index (Phi) is 5.08. The van der Waals surface area contributed by atoms with Gasteiger partial charge in [-0.05, 0) is 25.0 Å². The zero-order valence-corrected chi connectivity index (χ0v) is 11.6. The Labute approximate surface area is 112 Å².